The van der Waals surface area contributed by atoms with Gasteiger partial charge in [0.05, 0.1) is 5.02 Å². The number of halogens is 3. The van der Waals surface area contributed by atoms with Gasteiger partial charge >= 0.3 is 0 Å². The van der Waals surface area contributed by atoms with Crippen molar-refractivity contribution in [2.24, 2.45) is 0 Å². The van der Waals surface area contributed by atoms with Crippen LogP contribution < -0.4 is 0 Å². The first-order valence-corrected chi connectivity index (χ1v) is 5.63. The van der Waals surface area contributed by atoms with Gasteiger partial charge in [-0.25, -0.2) is 13.8 Å². The molecule has 0 saturated carbocycles. The van der Waals surface area contributed by atoms with Crippen molar-refractivity contribution in [3.05, 3.63) is 53.1 Å². The van der Waals surface area contributed by atoms with E-state index in [0.717, 1.165) is 12.1 Å². The van der Waals surface area contributed by atoms with Crippen LogP contribution in [0.4, 0.5) is 8.78 Å². The van der Waals surface area contributed by atoms with Crippen molar-refractivity contribution in [1.82, 2.24) is 9.97 Å². The van der Waals surface area contributed by atoms with E-state index in [1.807, 2.05) is 0 Å². The minimum absolute atomic E-state index is 0.0232. The largest absolute Gasteiger partial charge is 0.335 e. The third-order valence-corrected chi connectivity index (χ3v) is 3.00. The zero-order valence-electron chi connectivity index (χ0n) is 9.05. The lowest BCUT2D eigenvalue weighted by Crippen LogP contribution is -1.81. The first-order valence-electron chi connectivity index (χ1n) is 5.25. The second-order valence-corrected chi connectivity index (χ2v) is 4.23. The summed E-state index contributed by atoms with van der Waals surface area (Å²) in [7, 11) is 0. The van der Waals surface area contributed by atoms with Gasteiger partial charge in [0.25, 0.3) is 0 Å². The standard InChI is InChI=1S/C13H7ClF2N2/c14-8-4-2-1-3-7(8)13-17-11-9(15)5-6-10(16)12(11)18-13/h1-6H,(H,17,18). The van der Waals surface area contributed by atoms with Gasteiger partial charge in [0, 0.05) is 5.56 Å². The SMILES string of the molecule is Fc1ccc(F)c2[nH]c(-c3ccccc3Cl)nc12. The van der Waals surface area contributed by atoms with Crippen molar-refractivity contribution >= 4 is 22.6 Å². The number of nitrogens with one attached hydrogen (secondary N) is 1. The van der Waals surface area contributed by atoms with Gasteiger partial charge in [-0.3, -0.25) is 0 Å². The van der Waals surface area contributed by atoms with Crippen molar-refractivity contribution in [2.45, 2.75) is 0 Å². The van der Waals surface area contributed by atoms with Crippen LogP contribution in [0.15, 0.2) is 36.4 Å². The molecule has 0 amide bonds. The van der Waals surface area contributed by atoms with Crippen LogP contribution in [0.1, 0.15) is 0 Å². The monoisotopic (exact) mass is 264 g/mol. The number of nitrogens with zero attached hydrogens (tertiary/aromatic N) is 1. The average Bonchev–Trinajstić information content (AvgIpc) is 2.80. The third kappa shape index (κ3) is 1.66. The van der Waals surface area contributed by atoms with Gasteiger partial charge in [-0.1, -0.05) is 23.7 Å². The molecule has 0 radical (unpaired) electrons. The molecule has 5 heteroatoms. The van der Waals surface area contributed by atoms with Gasteiger partial charge < -0.3 is 4.98 Å². The van der Waals surface area contributed by atoms with Crippen molar-refractivity contribution < 1.29 is 8.78 Å². The van der Waals surface area contributed by atoms with E-state index < -0.39 is 11.6 Å². The van der Waals surface area contributed by atoms with Gasteiger partial charge in [0.15, 0.2) is 5.82 Å². The fraction of sp³-hybridized carbons (Fsp3) is 0. The molecule has 3 rings (SSSR count). The quantitative estimate of drug-likeness (QED) is 0.702. The molecule has 0 aliphatic carbocycles. The molecule has 0 atom stereocenters. The Kier molecular flexibility index (Phi) is 2.52. The van der Waals surface area contributed by atoms with Crippen LogP contribution in [0.25, 0.3) is 22.4 Å². The molecule has 0 spiro atoms. The Bertz CT molecular complexity index is 698. The summed E-state index contributed by atoms with van der Waals surface area (Å²) in [6.45, 7) is 0. The predicted molar refractivity (Wildman–Crippen MR) is 66.5 cm³/mol. The van der Waals surface area contributed by atoms with Gasteiger partial charge in [-0.2, -0.15) is 0 Å². The molecule has 0 saturated heterocycles. The van der Waals surface area contributed by atoms with Gasteiger partial charge in [0.1, 0.15) is 22.7 Å². The lowest BCUT2D eigenvalue weighted by atomic mass is 10.2. The predicted octanol–water partition coefficient (Wildman–Crippen LogP) is 4.16. The molecule has 0 aliphatic rings. The zero-order chi connectivity index (χ0) is 12.7. The van der Waals surface area contributed by atoms with E-state index >= 15 is 0 Å². The Morgan fingerprint density at radius 1 is 1.00 bits per heavy atom. The first-order chi connectivity index (χ1) is 8.66. The van der Waals surface area contributed by atoms with E-state index in [4.69, 9.17) is 11.6 Å². The normalized spacial score (nSPS) is 11.1. The molecule has 0 fully saturated rings. The van der Waals surface area contributed by atoms with E-state index in [1.54, 1.807) is 24.3 Å². The zero-order valence-corrected chi connectivity index (χ0v) is 9.80. The summed E-state index contributed by atoms with van der Waals surface area (Å²) in [5.74, 6) is -0.766. The van der Waals surface area contributed by atoms with Crippen molar-refractivity contribution in [2.75, 3.05) is 0 Å². The summed E-state index contributed by atoms with van der Waals surface area (Å²) in [6.07, 6.45) is 0. The molecule has 0 bridgehead atoms. The van der Waals surface area contributed by atoms with Crippen LogP contribution in [0.5, 0.6) is 0 Å². The Labute approximate surface area is 106 Å². The number of hydrogen-bond donors (Lipinski definition) is 1. The van der Waals surface area contributed by atoms with Crippen LogP contribution in [0.2, 0.25) is 5.02 Å². The number of aromatic nitrogens is 2. The molecule has 1 N–H and O–H groups in total. The van der Waals surface area contributed by atoms with Crippen molar-refractivity contribution in [1.29, 1.82) is 0 Å². The van der Waals surface area contributed by atoms with E-state index in [0.29, 0.717) is 16.4 Å². The Hall–Kier alpha value is -1.94. The highest BCUT2D eigenvalue weighted by Crippen LogP contribution is 2.28. The number of imidazole rings is 1. The highest BCUT2D eigenvalue weighted by Gasteiger charge is 2.14. The smallest absolute Gasteiger partial charge is 0.151 e. The molecule has 1 heterocycles. The number of hydrogen-bond acceptors (Lipinski definition) is 1. The highest BCUT2D eigenvalue weighted by atomic mass is 35.5. The van der Waals surface area contributed by atoms with Crippen LogP contribution in [0, 0.1) is 11.6 Å². The van der Waals surface area contributed by atoms with Crippen LogP contribution in [-0.4, -0.2) is 9.97 Å². The van der Waals surface area contributed by atoms with E-state index in [1.165, 1.54) is 0 Å². The molecule has 3 aromatic rings. The molecule has 0 aliphatic heterocycles. The number of aromatic amines is 1. The molecule has 2 aromatic carbocycles. The Morgan fingerprint density at radius 2 is 1.72 bits per heavy atom. The van der Waals surface area contributed by atoms with Gasteiger partial charge in [0.2, 0.25) is 0 Å². The lowest BCUT2D eigenvalue weighted by Gasteiger charge is -1.98. The topological polar surface area (TPSA) is 28.7 Å². The van der Waals surface area contributed by atoms with Crippen molar-refractivity contribution in [3.63, 3.8) is 0 Å². The fourth-order valence-electron chi connectivity index (χ4n) is 1.81. The fourth-order valence-corrected chi connectivity index (χ4v) is 2.03. The van der Waals surface area contributed by atoms with Crippen LogP contribution in [-0.2, 0) is 0 Å². The van der Waals surface area contributed by atoms with E-state index in [-0.39, 0.29) is 11.0 Å². The Morgan fingerprint density at radius 3 is 2.44 bits per heavy atom. The van der Waals surface area contributed by atoms with Gasteiger partial charge in [-0.05, 0) is 24.3 Å². The van der Waals surface area contributed by atoms with E-state index in [9.17, 15) is 8.78 Å². The lowest BCUT2D eigenvalue weighted by molar-refractivity contribution is 0.615. The molecular weight excluding hydrogens is 258 g/mol. The molecule has 90 valence electrons. The molecule has 1 aromatic heterocycles. The van der Waals surface area contributed by atoms with E-state index in [2.05, 4.69) is 9.97 Å². The highest BCUT2D eigenvalue weighted by molar-refractivity contribution is 6.33. The molecule has 18 heavy (non-hydrogen) atoms. The maximum Gasteiger partial charge on any atom is 0.151 e. The van der Waals surface area contributed by atoms with Crippen LogP contribution >= 0.6 is 11.6 Å². The number of fused-ring (bicyclic) bond motifs is 1. The summed E-state index contributed by atoms with van der Waals surface area (Å²) in [6, 6.07) is 9.09. The number of H-pyrrole nitrogens is 1. The summed E-state index contributed by atoms with van der Waals surface area (Å²) in [5, 5.41) is 0.470. The Balaban J connectivity index is 2.29. The molecule has 0 unspecified atom stereocenters. The molecule has 2 nitrogen and oxygen atoms in total. The van der Waals surface area contributed by atoms with Crippen molar-refractivity contribution in [3.8, 4) is 11.4 Å². The second kappa shape index (κ2) is 4.07. The average molecular weight is 265 g/mol. The summed E-state index contributed by atoms with van der Waals surface area (Å²) in [5.41, 5.74) is 0.629. The minimum Gasteiger partial charge on any atom is -0.335 e. The first kappa shape index (κ1) is 11.2. The summed E-state index contributed by atoms with van der Waals surface area (Å²) in [4.78, 5) is 6.80. The number of rotatable bonds is 1. The summed E-state index contributed by atoms with van der Waals surface area (Å²) >= 11 is 6.02. The number of benzene rings is 2. The van der Waals surface area contributed by atoms with Crippen LogP contribution in [0.3, 0.4) is 0 Å². The maximum atomic E-state index is 13.5. The van der Waals surface area contributed by atoms with Gasteiger partial charge in [-0.15, -0.1) is 0 Å². The third-order valence-electron chi connectivity index (χ3n) is 2.67. The maximum absolute atomic E-state index is 13.5. The second-order valence-electron chi connectivity index (χ2n) is 3.82. The summed E-state index contributed by atoms with van der Waals surface area (Å²) < 4.78 is 27.0. The minimum atomic E-state index is -0.569. The molecular formula is C13H7ClF2N2.